The molecule has 0 fully saturated rings. The second-order valence-corrected chi connectivity index (χ2v) is 6.09. The van der Waals surface area contributed by atoms with E-state index >= 15 is 0 Å². The third-order valence-corrected chi connectivity index (χ3v) is 3.03. The number of benzene rings is 1. The second kappa shape index (κ2) is 7.68. The Hall–Kier alpha value is -2.76. The highest BCUT2D eigenvalue weighted by molar-refractivity contribution is 5.82. The molecule has 1 aliphatic heterocycles. The number of rotatable bonds is 5. The highest BCUT2D eigenvalue weighted by Gasteiger charge is 2.23. The minimum atomic E-state index is -0.629. The molecule has 0 unspecified atom stereocenters. The lowest BCUT2D eigenvalue weighted by Crippen LogP contribution is -2.24. The van der Waals surface area contributed by atoms with Crippen LogP contribution in [0.5, 0.6) is 11.5 Å². The van der Waals surface area contributed by atoms with Crippen LogP contribution < -0.4 is 9.47 Å². The van der Waals surface area contributed by atoms with E-state index in [1.165, 1.54) is 6.08 Å². The fraction of sp³-hybridized carbons (Fsp3) is 0.333. The summed E-state index contributed by atoms with van der Waals surface area (Å²) in [5, 5.41) is 0. The molecule has 1 aromatic rings. The van der Waals surface area contributed by atoms with Gasteiger partial charge < -0.3 is 18.9 Å². The molecule has 0 spiro atoms. The Balaban J connectivity index is 1.75. The lowest BCUT2D eigenvalue weighted by molar-refractivity contribution is -0.170. The first kappa shape index (κ1) is 17.6. The monoisotopic (exact) mass is 332 g/mol. The van der Waals surface area contributed by atoms with Gasteiger partial charge in [0.1, 0.15) is 0 Å². The van der Waals surface area contributed by atoms with Gasteiger partial charge in [-0.25, -0.2) is 4.79 Å². The summed E-state index contributed by atoms with van der Waals surface area (Å²) in [6, 6.07) is 5.54. The van der Waals surface area contributed by atoms with Crippen molar-refractivity contribution in [3.63, 3.8) is 0 Å². The molecule has 0 saturated heterocycles. The SMILES string of the molecule is CC(C)(C)C(=O)OCOC(=O)C=CC=Cc1ccc2c(c1)OCO2. The van der Waals surface area contributed by atoms with Crippen LogP contribution in [0.4, 0.5) is 0 Å². The molecule has 0 N–H and O–H groups in total. The topological polar surface area (TPSA) is 71.1 Å². The number of allylic oxidation sites excluding steroid dienone is 2. The maximum absolute atomic E-state index is 11.5. The third-order valence-electron chi connectivity index (χ3n) is 3.03. The second-order valence-electron chi connectivity index (χ2n) is 6.09. The minimum absolute atomic E-state index is 0.230. The van der Waals surface area contributed by atoms with E-state index in [1.807, 2.05) is 24.3 Å². The van der Waals surface area contributed by atoms with Crippen molar-refractivity contribution in [2.45, 2.75) is 20.8 Å². The molecular weight excluding hydrogens is 312 g/mol. The Morgan fingerprint density at radius 1 is 1.12 bits per heavy atom. The summed E-state index contributed by atoms with van der Waals surface area (Å²) in [6.45, 7) is 4.99. The molecule has 0 atom stereocenters. The average Bonchev–Trinajstić information content (AvgIpc) is 2.98. The summed E-state index contributed by atoms with van der Waals surface area (Å²) < 4.78 is 20.1. The van der Waals surface area contributed by atoms with Crippen molar-refractivity contribution in [1.29, 1.82) is 0 Å². The smallest absolute Gasteiger partial charge is 0.333 e. The number of ether oxygens (including phenoxy) is 4. The lowest BCUT2D eigenvalue weighted by Gasteiger charge is -2.15. The van der Waals surface area contributed by atoms with Crippen molar-refractivity contribution in [3.05, 3.63) is 42.0 Å². The summed E-state index contributed by atoms with van der Waals surface area (Å²) in [5.41, 5.74) is 0.284. The van der Waals surface area contributed by atoms with E-state index in [1.54, 1.807) is 32.9 Å². The quantitative estimate of drug-likeness (QED) is 0.357. The first-order valence-corrected chi connectivity index (χ1v) is 7.44. The Bertz CT molecular complexity index is 667. The van der Waals surface area contributed by atoms with Crippen molar-refractivity contribution >= 4 is 18.0 Å². The van der Waals surface area contributed by atoms with Gasteiger partial charge in [0.15, 0.2) is 11.5 Å². The Labute approximate surface area is 140 Å². The van der Waals surface area contributed by atoms with Crippen LogP contribution in [-0.2, 0) is 19.1 Å². The number of esters is 2. The van der Waals surface area contributed by atoms with Crippen LogP contribution in [0.3, 0.4) is 0 Å². The molecule has 128 valence electrons. The van der Waals surface area contributed by atoms with Crippen molar-refractivity contribution in [2.75, 3.05) is 13.6 Å². The molecule has 6 heteroatoms. The highest BCUT2D eigenvalue weighted by Crippen LogP contribution is 2.32. The maximum Gasteiger partial charge on any atom is 0.333 e. The third kappa shape index (κ3) is 5.15. The Morgan fingerprint density at radius 3 is 2.62 bits per heavy atom. The van der Waals surface area contributed by atoms with Gasteiger partial charge in [0, 0.05) is 6.08 Å². The van der Waals surface area contributed by atoms with Gasteiger partial charge >= 0.3 is 11.9 Å². The van der Waals surface area contributed by atoms with E-state index in [0.29, 0.717) is 5.75 Å². The van der Waals surface area contributed by atoms with Crippen molar-refractivity contribution in [2.24, 2.45) is 5.41 Å². The zero-order valence-electron chi connectivity index (χ0n) is 13.9. The van der Waals surface area contributed by atoms with Crippen molar-refractivity contribution in [3.8, 4) is 11.5 Å². The van der Waals surface area contributed by atoms with E-state index in [-0.39, 0.29) is 6.79 Å². The van der Waals surface area contributed by atoms with Gasteiger partial charge in [0.2, 0.25) is 13.6 Å². The van der Waals surface area contributed by atoms with Crippen LogP contribution in [0.1, 0.15) is 26.3 Å². The van der Waals surface area contributed by atoms with E-state index in [4.69, 9.17) is 18.9 Å². The van der Waals surface area contributed by atoms with Crippen LogP contribution >= 0.6 is 0 Å². The average molecular weight is 332 g/mol. The molecule has 1 aromatic carbocycles. The maximum atomic E-state index is 11.5. The first-order chi connectivity index (χ1) is 11.4. The summed E-state index contributed by atoms with van der Waals surface area (Å²) >= 11 is 0. The van der Waals surface area contributed by atoms with Gasteiger partial charge in [0.05, 0.1) is 5.41 Å². The normalized spacial score (nSPS) is 13.5. The van der Waals surface area contributed by atoms with Crippen LogP contribution in [0.15, 0.2) is 36.4 Å². The first-order valence-electron chi connectivity index (χ1n) is 7.44. The molecule has 1 aliphatic rings. The van der Waals surface area contributed by atoms with E-state index in [9.17, 15) is 9.59 Å². The fourth-order valence-corrected chi connectivity index (χ4v) is 1.72. The van der Waals surface area contributed by atoms with Crippen LogP contribution in [0, 0.1) is 5.41 Å². The van der Waals surface area contributed by atoms with Crippen molar-refractivity contribution in [1.82, 2.24) is 0 Å². The summed E-state index contributed by atoms with van der Waals surface area (Å²) in [4.78, 5) is 23.0. The zero-order chi connectivity index (χ0) is 17.6. The Morgan fingerprint density at radius 2 is 1.88 bits per heavy atom. The van der Waals surface area contributed by atoms with Crippen LogP contribution in [0.2, 0.25) is 0 Å². The van der Waals surface area contributed by atoms with Crippen molar-refractivity contribution < 1.29 is 28.5 Å². The van der Waals surface area contributed by atoms with Gasteiger partial charge in [-0.2, -0.15) is 0 Å². The summed E-state index contributed by atoms with van der Waals surface area (Å²) in [6.07, 6.45) is 6.29. The molecular formula is C18H20O6. The Kier molecular flexibility index (Phi) is 5.63. The van der Waals surface area contributed by atoms with E-state index in [0.717, 1.165) is 11.3 Å². The van der Waals surface area contributed by atoms with Gasteiger partial charge in [0.25, 0.3) is 0 Å². The molecule has 0 aromatic heterocycles. The largest absolute Gasteiger partial charge is 0.454 e. The van der Waals surface area contributed by atoms with Crippen LogP contribution in [-0.4, -0.2) is 25.5 Å². The number of carbonyl (C=O) groups is 2. The molecule has 0 bridgehead atoms. The van der Waals surface area contributed by atoms with E-state index < -0.39 is 24.1 Å². The number of carbonyl (C=O) groups excluding carboxylic acids is 2. The minimum Gasteiger partial charge on any atom is -0.454 e. The number of fused-ring (bicyclic) bond motifs is 1. The van der Waals surface area contributed by atoms with Crippen LogP contribution in [0.25, 0.3) is 6.08 Å². The number of hydrogen-bond acceptors (Lipinski definition) is 6. The lowest BCUT2D eigenvalue weighted by atomic mass is 9.98. The molecule has 2 rings (SSSR count). The molecule has 0 saturated carbocycles. The zero-order valence-corrected chi connectivity index (χ0v) is 13.9. The predicted octanol–water partition coefficient (Wildman–Crippen LogP) is 3.07. The van der Waals surface area contributed by atoms with Gasteiger partial charge in [-0.3, -0.25) is 4.79 Å². The van der Waals surface area contributed by atoms with Gasteiger partial charge in [-0.1, -0.05) is 24.3 Å². The fourth-order valence-electron chi connectivity index (χ4n) is 1.72. The standard InChI is InChI=1S/C18H20O6/c1-18(2,3)17(20)24-12-23-16(19)7-5-4-6-13-8-9-14-15(10-13)22-11-21-14/h4-10H,11-12H2,1-3H3. The summed E-state index contributed by atoms with van der Waals surface area (Å²) in [7, 11) is 0. The predicted molar refractivity (Wildman–Crippen MR) is 87.2 cm³/mol. The molecule has 0 aliphatic carbocycles. The van der Waals surface area contributed by atoms with Gasteiger partial charge in [-0.05, 0) is 38.5 Å². The molecule has 6 nitrogen and oxygen atoms in total. The van der Waals surface area contributed by atoms with E-state index in [2.05, 4.69) is 0 Å². The molecule has 0 radical (unpaired) electrons. The number of hydrogen-bond donors (Lipinski definition) is 0. The van der Waals surface area contributed by atoms with Gasteiger partial charge in [-0.15, -0.1) is 0 Å². The summed E-state index contributed by atoms with van der Waals surface area (Å²) in [5.74, 6) is 0.395. The molecule has 24 heavy (non-hydrogen) atoms. The molecule has 0 amide bonds. The highest BCUT2D eigenvalue weighted by atomic mass is 16.7. The molecule has 1 heterocycles.